The Kier molecular flexibility index (Phi) is 5.96. The maximum absolute atomic E-state index is 16.1. The Morgan fingerprint density at radius 2 is 1.80 bits per heavy atom. The number of hydrogen-bond donors (Lipinski definition) is 1. The van der Waals surface area contributed by atoms with Crippen molar-refractivity contribution < 1.29 is 4.39 Å². The zero-order chi connectivity index (χ0) is 27.1. The lowest BCUT2D eigenvalue weighted by atomic mass is 9.88. The van der Waals surface area contributed by atoms with E-state index in [9.17, 15) is 0 Å². The lowest BCUT2D eigenvalue weighted by molar-refractivity contribution is 0.182. The molecule has 3 saturated heterocycles. The van der Waals surface area contributed by atoms with Gasteiger partial charge < -0.3 is 10.2 Å². The Morgan fingerprint density at radius 1 is 1.00 bits per heavy atom. The predicted octanol–water partition coefficient (Wildman–Crippen LogP) is 6.78. The molecule has 5 nitrogen and oxygen atoms in total. The van der Waals surface area contributed by atoms with Gasteiger partial charge in [0.25, 0.3) is 0 Å². The fourth-order valence-corrected chi connectivity index (χ4v) is 8.53. The van der Waals surface area contributed by atoms with E-state index in [1.807, 2.05) is 19.1 Å². The van der Waals surface area contributed by atoms with Crippen LogP contribution in [0.1, 0.15) is 80.7 Å². The van der Waals surface area contributed by atoms with Crippen molar-refractivity contribution in [3.63, 3.8) is 0 Å². The smallest absolute Gasteiger partial charge is 0.140 e. The van der Waals surface area contributed by atoms with Crippen LogP contribution in [-0.4, -0.2) is 58.7 Å². The van der Waals surface area contributed by atoms with Gasteiger partial charge in [-0.15, -0.1) is 0 Å². The van der Waals surface area contributed by atoms with Crippen LogP contribution in [0.5, 0.6) is 0 Å². The van der Waals surface area contributed by atoms with Crippen LogP contribution in [0.3, 0.4) is 0 Å². The van der Waals surface area contributed by atoms with Crippen molar-refractivity contribution in [2.24, 2.45) is 0 Å². The SMILES string of the molecule is Cc1cc(Cl)c(C2CC2)c(-c2cc3nc(CCC45CCCN4CCC5)nc(N4CCNC5(CC5)C4)c3cc2F)c1. The topological polar surface area (TPSA) is 44.3 Å². The zero-order valence-corrected chi connectivity index (χ0v) is 24.3. The van der Waals surface area contributed by atoms with E-state index in [2.05, 4.69) is 21.2 Å². The molecule has 5 aliphatic rings. The Morgan fingerprint density at radius 3 is 2.55 bits per heavy atom. The Hall–Kier alpha value is -2.28. The molecule has 0 radical (unpaired) electrons. The first kappa shape index (κ1) is 25.4. The third kappa shape index (κ3) is 4.33. The molecule has 3 aromatic rings. The highest BCUT2D eigenvalue weighted by atomic mass is 35.5. The van der Waals surface area contributed by atoms with E-state index in [4.69, 9.17) is 21.6 Å². The summed E-state index contributed by atoms with van der Waals surface area (Å²) in [5.41, 5.74) is 5.09. The van der Waals surface area contributed by atoms with Crippen molar-refractivity contribution in [3.8, 4) is 11.1 Å². The van der Waals surface area contributed by atoms with E-state index in [0.717, 1.165) is 89.6 Å². The number of piperazine rings is 1. The summed E-state index contributed by atoms with van der Waals surface area (Å²) in [5, 5.41) is 5.30. The molecule has 4 heterocycles. The van der Waals surface area contributed by atoms with Gasteiger partial charge in [0, 0.05) is 53.1 Å². The number of halogens is 2. The molecule has 8 rings (SSSR count). The lowest BCUT2D eigenvalue weighted by Gasteiger charge is -2.36. The van der Waals surface area contributed by atoms with Crippen molar-refractivity contribution in [1.29, 1.82) is 0 Å². The first-order valence-electron chi connectivity index (χ1n) is 15.5. The maximum Gasteiger partial charge on any atom is 0.140 e. The number of rotatable bonds is 6. The van der Waals surface area contributed by atoms with E-state index in [-0.39, 0.29) is 11.4 Å². The van der Waals surface area contributed by atoms with Crippen LogP contribution in [-0.2, 0) is 6.42 Å². The molecule has 210 valence electrons. The molecule has 1 N–H and O–H groups in total. The summed E-state index contributed by atoms with van der Waals surface area (Å²) in [6, 6.07) is 7.81. The first-order valence-corrected chi connectivity index (χ1v) is 15.9. The van der Waals surface area contributed by atoms with E-state index < -0.39 is 0 Å². The molecule has 2 aliphatic carbocycles. The Bertz CT molecular complexity index is 1490. The molecule has 40 heavy (non-hydrogen) atoms. The summed E-state index contributed by atoms with van der Waals surface area (Å²) in [5.74, 6) is 2.03. The third-order valence-corrected chi connectivity index (χ3v) is 10.8. The minimum atomic E-state index is -0.212. The molecular formula is C33H39ClFN5. The zero-order valence-electron chi connectivity index (χ0n) is 23.5. The van der Waals surface area contributed by atoms with E-state index in [1.54, 1.807) is 6.07 Å². The van der Waals surface area contributed by atoms with Crippen LogP contribution in [0, 0.1) is 12.7 Å². The average molecular weight is 560 g/mol. The molecular weight excluding hydrogens is 521 g/mol. The van der Waals surface area contributed by atoms with Gasteiger partial charge in [0.15, 0.2) is 0 Å². The van der Waals surface area contributed by atoms with E-state index in [0.29, 0.717) is 17.0 Å². The van der Waals surface area contributed by atoms with Gasteiger partial charge in [0.2, 0.25) is 0 Å². The first-order chi connectivity index (χ1) is 19.4. The summed E-state index contributed by atoms with van der Waals surface area (Å²) in [6.07, 6.45) is 11.8. The van der Waals surface area contributed by atoms with Crippen LogP contribution in [0.2, 0.25) is 5.02 Å². The van der Waals surface area contributed by atoms with E-state index >= 15 is 4.39 Å². The molecule has 0 unspecified atom stereocenters. The van der Waals surface area contributed by atoms with Crippen LogP contribution >= 0.6 is 11.6 Å². The van der Waals surface area contributed by atoms with Gasteiger partial charge in [-0.25, -0.2) is 14.4 Å². The highest BCUT2D eigenvalue weighted by molar-refractivity contribution is 6.32. The monoisotopic (exact) mass is 559 g/mol. The second-order valence-corrected chi connectivity index (χ2v) is 13.7. The average Bonchev–Trinajstić information content (AvgIpc) is 3.83. The predicted molar refractivity (Wildman–Crippen MR) is 160 cm³/mol. The molecule has 0 bridgehead atoms. The molecule has 2 aromatic carbocycles. The molecule has 7 heteroatoms. The normalized spacial score (nSPS) is 23.3. The van der Waals surface area contributed by atoms with Crippen LogP contribution in [0.15, 0.2) is 24.3 Å². The van der Waals surface area contributed by atoms with Crippen molar-refractivity contribution in [3.05, 3.63) is 52.1 Å². The fourth-order valence-electron chi connectivity index (χ4n) is 8.10. The molecule has 2 saturated carbocycles. The van der Waals surface area contributed by atoms with Crippen LogP contribution in [0.25, 0.3) is 22.0 Å². The summed E-state index contributed by atoms with van der Waals surface area (Å²) in [7, 11) is 0. The molecule has 1 spiro atoms. The number of aromatic nitrogens is 2. The molecule has 5 fully saturated rings. The van der Waals surface area contributed by atoms with E-state index in [1.165, 1.54) is 51.6 Å². The Balaban J connectivity index is 1.23. The summed E-state index contributed by atoms with van der Waals surface area (Å²) < 4.78 is 16.1. The van der Waals surface area contributed by atoms with Crippen LogP contribution in [0.4, 0.5) is 10.2 Å². The van der Waals surface area contributed by atoms with Crippen molar-refractivity contribution in [2.45, 2.75) is 88.1 Å². The number of nitrogens with zero attached hydrogens (tertiary/aromatic N) is 4. The fraction of sp³-hybridized carbons (Fsp3) is 0.576. The standard InChI is InChI=1S/C33H39ClFN5/c1-21-16-24(30(22-4-5-22)26(34)17-21)23-19-28-25(18-27(23)35)31(39-15-12-36-32(20-39)10-11-32)38-29(37-28)6-9-33-7-2-13-40(33)14-3-8-33/h16-19,22,36H,2-15,20H2,1H3. The number of hydrogen-bond acceptors (Lipinski definition) is 5. The maximum atomic E-state index is 16.1. The number of aryl methyl sites for hydroxylation is 2. The number of fused-ring (bicyclic) bond motifs is 2. The van der Waals surface area contributed by atoms with Crippen LogP contribution < -0.4 is 10.2 Å². The third-order valence-electron chi connectivity index (χ3n) is 10.5. The second-order valence-electron chi connectivity index (χ2n) is 13.3. The Labute approximate surface area is 241 Å². The number of nitrogens with one attached hydrogen (secondary N) is 1. The highest BCUT2D eigenvalue weighted by Gasteiger charge is 2.46. The lowest BCUT2D eigenvalue weighted by Crippen LogP contribution is -2.52. The summed E-state index contributed by atoms with van der Waals surface area (Å²) in [6.45, 7) is 7.25. The van der Waals surface area contributed by atoms with Crippen molar-refractivity contribution >= 4 is 28.3 Å². The highest BCUT2D eigenvalue weighted by Crippen LogP contribution is 2.49. The van der Waals surface area contributed by atoms with Gasteiger partial charge in [-0.3, -0.25) is 4.90 Å². The molecule has 1 aromatic heterocycles. The quantitative estimate of drug-likeness (QED) is 0.361. The molecule has 0 atom stereocenters. The minimum absolute atomic E-state index is 0.207. The summed E-state index contributed by atoms with van der Waals surface area (Å²) in [4.78, 5) is 15.5. The van der Waals surface area contributed by atoms with Crippen molar-refractivity contribution in [1.82, 2.24) is 20.2 Å². The van der Waals surface area contributed by atoms with Gasteiger partial charge in [0.1, 0.15) is 17.5 Å². The minimum Gasteiger partial charge on any atom is -0.353 e. The van der Waals surface area contributed by atoms with Gasteiger partial charge in [0.05, 0.1) is 5.52 Å². The molecule has 0 amide bonds. The van der Waals surface area contributed by atoms with Gasteiger partial charge in [-0.05, 0) is 119 Å². The van der Waals surface area contributed by atoms with Gasteiger partial charge >= 0.3 is 0 Å². The van der Waals surface area contributed by atoms with Gasteiger partial charge in [-0.2, -0.15) is 0 Å². The van der Waals surface area contributed by atoms with Gasteiger partial charge in [-0.1, -0.05) is 17.7 Å². The number of anilines is 1. The van der Waals surface area contributed by atoms with Crippen molar-refractivity contribution in [2.75, 3.05) is 37.6 Å². The molecule has 3 aliphatic heterocycles. The number of benzene rings is 2. The second kappa shape index (κ2) is 9.37. The summed E-state index contributed by atoms with van der Waals surface area (Å²) >= 11 is 6.76. The largest absolute Gasteiger partial charge is 0.353 e.